The normalized spacial score (nSPS) is 35.4. The average Bonchev–Trinajstić information content (AvgIpc) is 3.16. The molecule has 3 fully saturated rings. The van der Waals surface area contributed by atoms with Crippen LogP contribution in [0.4, 0.5) is 0 Å². The first-order chi connectivity index (χ1) is 15.7. The van der Waals surface area contributed by atoms with Gasteiger partial charge in [-0.25, -0.2) is 8.99 Å². The molecule has 0 spiro atoms. The minimum Gasteiger partial charge on any atom is -0.393 e. The Hall–Kier alpha value is -1.65. The molecule has 3 nitrogen and oxygen atoms in total. The zero-order valence-corrected chi connectivity index (χ0v) is 21.2. The Labute approximate surface area is 201 Å². The lowest BCUT2D eigenvalue weighted by Crippen LogP contribution is -2.36. The van der Waals surface area contributed by atoms with Gasteiger partial charge in [-0.15, -0.1) is 0 Å². The predicted octanol–water partition coefficient (Wildman–Crippen LogP) is 7.29. The van der Waals surface area contributed by atoms with Gasteiger partial charge in [0.15, 0.2) is 0 Å². The fourth-order valence-electron chi connectivity index (χ4n) is 6.92. The van der Waals surface area contributed by atoms with E-state index >= 15 is 0 Å². The van der Waals surface area contributed by atoms with E-state index in [-0.39, 0.29) is 6.10 Å². The molecule has 6 atom stereocenters. The van der Waals surface area contributed by atoms with E-state index < -0.39 is 9.73 Å². The van der Waals surface area contributed by atoms with Gasteiger partial charge in [0.25, 0.3) is 0 Å². The second kappa shape index (κ2) is 9.92. The highest BCUT2D eigenvalue weighted by molar-refractivity contribution is 7.92. The van der Waals surface area contributed by atoms with Crippen LogP contribution in [-0.4, -0.2) is 21.2 Å². The van der Waals surface area contributed by atoms with Crippen molar-refractivity contribution in [1.29, 1.82) is 4.78 Å². The van der Waals surface area contributed by atoms with E-state index in [1.54, 1.807) is 5.57 Å². The zero-order valence-electron chi connectivity index (χ0n) is 20.4. The van der Waals surface area contributed by atoms with E-state index in [0.29, 0.717) is 33.8 Å². The highest BCUT2D eigenvalue weighted by atomic mass is 32.2. The van der Waals surface area contributed by atoms with Crippen molar-refractivity contribution in [2.75, 3.05) is 5.75 Å². The number of aliphatic hydroxyl groups excluding tert-OH is 1. The van der Waals surface area contributed by atoms with E-state index in [4.69, 9.17) is 4.78 Å². The molecule has 0 bridgehead atoms. The maximum absolute atomic E-state index is 13.0. The van der Waals surface area contributed by atoms with Crippen LogP contribution < -0.4 is 0 Å². The number of benzene rings is 1. The van der Waals surface area contributed by atoms with Crippen LogP contribution in [0.2, 0.25) is 0 Å². The fourth-order valence-corrected chi connectivity index (χ4v) is 8.46. The van der Waals surface area contributed by atoms with Gasteiger partial charge in [-0.05, 0) is 98.7 Å². The van der Waals surface area contributed by atoms with Gasteiger partial charge in [0.1, 0.15) is 0 Å². The minimum atomic E-state index is -2.72. The van der Waals surface area contributed by atoms with Gasteiger partial charge in [-0.1, -0.05) is 61.9 Å². The molecule has 0 heterocycles. The lowest BCUT2D eigenvalue weighted by atomic mass is 9.61. The van der Waals surface area contributed by atoms with Gasteiger partial charge >= 0.3 is 0 Å². The van der Waals surface area contributed by atoms with Gasteiger partial charge < -0.3 is 5.11 Å². The number of aliphatic hydroxyl groups is 1. The van der Waals surface area contributed by atoms with E-state index in [9.17, 15) is 9.32 Å². The number of rotatable bonds is 6. The molecule has 2 N–H and O–H groups in total. The van der Waals surface area contributed by atoms with Crippen molar-refractivity contribution in [3.05, 3.63) is 65.8 Å². The Morgan fingerprint density at radius 3 is 2.73 bits per heavy atom. The van der Waals surface area contributed by atoms with Crippen LogP contribution in [0.15, 0.2) is 70.7 Å². The summed E-state index contributed by atoms with van der Waals surface area (Å²) in [5.74, 6) is 2.17. The average molecular weight is 468 g/mol. The van der Waals surface area contributed by atoms with Gasteiger partial charge in [0, 0.05) is 10.6 Å². The molecule has 0 amide bonds. The third-order valence-corrected chi connectivity index (χ3v) is 10.7. The molecule has 4 heteroatoms. The monoisotopic (exact) mass is 467 g/mol. The van der Waals surface area contributed by atoms with Crippen LogP contribution in [0.25, 0.3) is 0 Å². The number of hydrogen-bond acceptors (Lipinski definition) is 3. The summed E-state index contributed by atoms with van der Waals surface area (Å²) in [5.41, 5.74) is 4.28. The molecule has 0 saturated heterocycles. The number of fused-ring (bicyclic) bond motifs is 1. The molecule has 0 aromatic heterocycles. The van der Waals surface area contributed by atoms with Crippen LogP contribution in [0.1, 0.15) is 71.6 Å². The fraction of sp³-hybridized carbons (Fsp3) is 0.586. The first kappa shape index (κ1) is 24.5. The summed E-state index contributed by atoms with van der Waals surface area (Å²) in [7, 11) is -2.72. The van der Waals surface area contributed by atoms with E-state index in [0.717, 1.165) is 25.7 Å². The van der Waals surface area contributed by atoms with Crippen LogP contribution in [0.3, 0.4) is 0 Å². The lowest BCUT2D eigenvalue weighted by molar-refractivity contribution is 0.0964. The second-order valence-electron chi connectivity index (χ2n) is 11.0. The Kier molecular flexibility index (Phi) is 7.35. The molecule has 3 aliphatic rings. The first-order valence-corrected chi connectivity index (χ1v) is 14.5. The Balaban J connectivity index is 1.45. The largest absolute Gasteiger partial charge is 0.393 e. The van der Waals surface area contributed by atoms with Crippen LogP contribution in [0.5, 0.6) is 0 Å². The van der Waals surface area contributed by atoms with Crippen molar-refractivity contribution in [1.82, 2.24) is 0 Å². The highest BCUT2D eigenvalue weighted by Gasteiger charge is 2.50. The maximum atomic E-state index is 13.0. The summed E-state index contributed by atoms with van der Waals surface area (Å²) in [6.07, 6.45) is 13.8. The lowest BCUT2D eigenvalue weighted by Gasteiger charge is -2.44. The molecule has 0 radical (unpaired) electrons. The summed E-state index contributed by atoms with van der Waals surface area (Å²) < 4.78 is 21.5. The minimum absolute atomic E-state index is 0.225. The maximum Gasteiger partial charge on any atom is 0.0726 e. The number of nitrogens with one attached hydrogen (secondary N) is 1. The van der Waals surface area contributed by atoms with Crippen LogP contribution >= 0.6 is 0 Å². The summed E-state index contributed by atoms with van der Waals surface area (Å²) in [6, 6.07) is 9.34. The summed E-state index contributed by atoms with van der Waals surface area (Å²) >= 11 is 0. The SMILES string of the molecule is C=C1CCC(O)C/C1=C/C=C1\CCC[C@]2(C)C([C@@H](C)CCS(=N)(=O)c3ccccc3)CC[C@@H]12. The van der Waals surface area contributed by atoms with Gasteiger partial charge in [-0.3, -0.25) is 0 Å². The van der Waals surface area contributed by atoms with Crippen LogP contribution in [-0.2, 0) is 9.73 Å². The molecule has 3 saturated carbocycles. The molecule has 33 heavy (non-hydrogen) atoms. The second-order valence-corrected chi connectivity index (χ2v) is 13.2. The molecular formula is C29H41NO2S. The molecule has 1 aromatic carbocycles. The van der Waals surface area contributed by atoms with Crippen LogP contribution in [0, 0.1) is 27.9 Å². The number of allylic oxidation sites excluding steroid dienone is 4. The standard InChI is InChI=1S/C29H41NO2S/c1-21-11-14-25(31)20-24(21)13-12-23-8-7-18-29(3)27(15-16-28(23)29)22(2)17-19-33(30,32)26-9-5-4-6-10-26/h4-6,9-10,12-13,22,25,27-28,30-31H,1,7-8,11,14-20H2,2-3H3/b23-12+,24-13-/t22-,25?,27?,28-,29+,33?/m0/s1. The molecule has 3 unspecified atom stereocenters. The van der Waals surface area contributed by atoms with E-state index in [2.05, 4.69) is 32.6 Å². The van der Waals surface area contributed by atoms with Gasteiger partial charge in [0.2, 0.25) is 0 Å². The molecule has 0 aliphatic heterocycles. The topological polar surface area (TPSA) is 61.1 Å². The highest BCUT2D eigenvalue weighted by Crippen LogP contribution is 2.59. The quantitative estimate of drug-likeness (QED) is 0.461. The van der Waals surface area contributed by atoms with Crippen molar-refractivity contribution in [3.8, 4) is 0 Å². The van der Waals surface area contributed by atoms with E-state index in [1.165, 1.54) is 43.3 Å². The summed E-state index contributed by atoms with van der Waals surface area (Å²) in [6.45, 7) is 9.04. The molecule has 180 valence electrons. The summed E-state index contributed by atoms with van der Waals surface area (Å²) in [4.78, 5) is 0.665. The third-order valence-electron chi connectivity index (χ3n) is 8.90. The van der Waals surface area contributed by atoms with Crippen molar-refractivity contribution >= 4 is 9.73 Å². The molecular weight excluding hydrogens is 426 g/mol. The van der Waals surface area contributed by atoms with Gasteiger partial charge in [-0.2, -0.15) is 0 Å². The van der Waals surface area contributed by atoms with Crippen molar-refractivity contribution in [3.63, 3.8) is 0 Å². The van der Waals surface area contributed by atoms with E-state index in [1.807, 2.05) is 30.3 Å². The molecule has 1 aromatic rings. The Morgan fingerprint density at radius 2 is 1.97 bits per heavy atom. The Morgan fingerprint density at radius 1 is 1.21 bits per heavy atom. The van der Waals surface area contributed by atoms with Crippen molar-refractivity contribution in [2.24, 2.45) is 23.2 Å². The predicted molar refractivity (Wildman–Crippen MR) is 138 cm³/mol. The van der Waals surface area contributed by atoms with Crippen molar-refractivity contribution in [2.45, 2.75) is 82.6 Å². The smallest absolute Gasteiger partial charge is 0.0726 e. The Bertz CT molecular complexity index is 1020. The molecule has 3 aliphatic carbocycles. The summed E-state index contributed by atoms with van der Waals surface area (Å²) in [5, 5.41) is 10.1. The zero-order chi connectivity index (χ0) is 23.6. The first-order valence-electron chi connectivity index (χ1n) is 12.8. The van der Waals surface area contributed by atoms with Gasteiger partial charge in [0.05, 0.1) is 15.8 Å². The molecule has 4 rings (SSSR count). The van der Waals surface area contributed by atoms with Crippen molar-refractivity contribution < 1.29 is 9.32 Å². The number of hydrogen-bond donors (Lipinski definition) is 2. The third kappa shape index (κ3) is 5.22.